The van der Waals surface area contributed by atoms with Crippen LogP contribution in [-0.2, 0) is 0 Å². The molecule has 0 saturated carbocycles. The first-order valence-corrected chi connectivity index (χ1v) is 11.5. The smallest absolute Gasteiger partial charge is 0.0547 e. The molecule has 0 bridgehead atoms. The van der Waals surface area contributed by atoms with Crippen LogP contribution in [0.5, 0.6) is 0 Å². The molecule has 0 saturated heterocycles. The summed E-state index contributed by atoms with van der Waals surface area (Å²) in [7, 11) is 0. The molecule has 1 nitrogen and oxygen atoms in total. The Balaban J connectivity index is 1.73. The average molecular weight is 424 g/mol. The van der Waals surface area contributed by atoms with Gasteiger partial charge in [0.05, 0.1) is 16.7 Å². The quantitative estimate of drug-likeness (QED) is 0.268. The van der Waals surface area contributed by atoms with Crippen LogP contribution in [-0.4, -0.2) is 4.57 Å². The van der Waals surface area contributed by atoms with Crippen LogP contribution in [0.25, 0.3) is 49.7 Å². The Morgan fingerprint density at radius 1 is 0.485 bits per heavy atom. The van der Waals surface area contributed by atoms with Crippen molar-refractivity contribution in [2.45, 2.75) is 13.8 Å². The van der Waals surface area contributed by atoms with Crippen molar-refractivity contribution in [3.63, 3.8) is 0 Å². The van der Waals surface area contributed by atoms with Crippen LogP contribution in [0.4, 0.5) is 0 Å². The highest BCUT2D eigenvalue weighted by Crippen LogP contribution is 2.39. The van der Waals surface area contributed by atoms with E-state index >= 15 is 0 Å². The van der Waals surface area contributed by atoms with E-state index in [-0.39, 0.29) is 0 Å². The molecule has 0 unspecified atom stereocenters. The van der Waals surface area contributed by atoms with Gasteiger partial charge in [0.25, 0.3) is 0 Å². The lowest BCUT2D eigenvalue weighted by atomic mass is 9.94. The van der Waals surface area contributed by atoms with E-state index in [0.717, 1.165) is 0 Å². The zero-order valence-electron chi connectivity index (χ0n) is 18.9. The van der Waals surface area contributed by atoms with Crippen molar-refractivity contribution >= 4 is 21.8 Å². The molecule has 0 aliphatic carbocycles. The fraction of sp³-hybridized carbons (Fsp3) is 0.0625. The highest BCUT2D eigenvalue weighted by molar-refractivity contribution is 6.10. The molecule has 0 N–H and O–H groups in total. The Labute approximate surface area is 194 Å². The van der Waals surface area contributed by atoms with Gasteiger partial charge in [0, 0.05) is 16.3 Å². The van der Waals surface area contributed by atoms with E-state index in [1.165, 1.54) is 60.9 Å². The van der Waals surface area contributed by atoms with E-state index < -0.39 is 0 Å². The first kappa shape index (κ1) is 19.6. The summed E-state index contributed by atoms with van der Waals surface area (Å²) in [6.45, 7) is 4.42. The van der Waals surface area contributed by atoms with Crippen LogP contribution in [0, 0.1) is 13.8 Å². The summed E-state index contributed by atoms with van der Waals surface area (Å²) in [6, 6.07) is 41.6. The molecule has 0 atom stereocenters. The average Bonchev–Trinajstić information content (AvgIpc) is 3.19. The number of benzene rings is 5. The highest BCUT2D eigenvalue weighted by Gasteiger charge is 2.18. The zero-order chi connectivity index (χ0) is 22.4. The molecule has 6 aromatic rings. The van der Waals surface area contributed by atoms with Crippen molar-refractivity contribution in [3.8, 4) is 27.9 Å². The van der Waals surface area contributed by atoms with Gasteiger partial charge in [-0.05, 0) is 59.9 Å². The molecule has 33 heavy (non-hydrogen) atoms. The monoisotopic (exact) mass is 423 g/mol. The number of aryl methyl sites for hydroxylation is 2. The normalized spacial score (nSPS) is 11.3. The van der Waals surface area contributed by atoms with Crippen molar-refractivity contribution in [2.75, 3.05) is 0 Å². The molecule has 0 aliphatic heterocycles. The van der Waals surface area contributed by atoms with Crippen molar-refractivity contribution < 1.29 is 0 Å². The summed E-state index contributed by atoms with van der Waals surface area (Å²) in [6.07, 6.45) is 0. The first-order chi connectivity index (χ1) is 16.2. The fourth-order valence-electron chi connectivity index (χ4n) is 5.08. The minimum atomic E-state index is 1.22. The summed E-state index contributed by atoms with van der Waals surface area (Å²) in [5.41, 5.74) is 11.3. The first-order valence-electron chi connectivity index (χ1n) is 11.5. The lowest BCUT2D eigenvalue weighted by molar-refractivity contribution is 1.17. The largest absolute Gasteiger partial charge is 0.309 e. The van der Waals surface area contributed by atoms with Gasteiger partial charge in [0.15, 0.2) is 0 Å². The standard InChI is InChI=1S/C32H25N/c1-22-11-6-7-15-26(22)32-23(2)12-10-18-30(32)33-29-17-9-8-16-27(29)28-20-19-25(21-31(28)33)24-13-4-3-5-14-24/h3-21H,1-2H3. The Kier molecular flexibility index (Phi) is 4.62. The molecule has 1 aromatic heterocycles. The number of hydrogen-bond donors (Lipinski definition) is 0. The molecule has 0 aliphatic rings. The molecule has 158 valence electrons. The minimum absolute atomic E-state index is 1.22. The second kappa shape index (κ2) is 7.79. The van der Waals surface area contributed by atoms with Gasteiger partial charge in [-0.15, -0.1) is 0 Å². The van der Waals surface area contributed by atoms with Crippen LogP contribution in [0.1, 0.15) is 11.1 Å². The molecule has 0 fully saturated rings. The van der Waals surface area contributed by atoms with Crippen LogP contribution < -0.4 is 0 Å². The summed E-state index contributed by atoms with van der Waals surface area (Å²) in [5, 5.41) is 2.56. The highest BCUT2D eigenvalue weighted by atomic mass is 15.0. The number of aromatic nitrogens is 1. The van der Waals surface area contributed by atoms with E-state index in [1.54, 1.807) is 0 Å². The molecule has 1 heterocycles. The van der Waals surface area contributed by atoms with Crippen molar-refractivity contribution in [2.24, 2.45) is 0 Å². The molecule has 5 aromatic carbocycles. The van der Waals surface area contributed by atoms with Gasteiger partial charge in [-0.1, -0.05) is 97.1 Å². The summed E-state index contributed by atoms with van der Waals surface area (Å²) in [5.74, 6) is 0. The number of para-hydroxylation sites is 1. The van der Waals surface area contributed by atoms with Crippen LogP contribution in [0.2, 0.25) is 0 Å². The van der Waals surface area contributed by atoms with Crippen LogP contribution in [0.3, 0.4) is 0 Å². The van der Waals surface area contributed by atoms with E-state index in [2.05, 4.69) is 134 Å². The van der Waals surface area contributed by atoms with Crippen LogP contribution >= 0.6 is 0 Å². The topological polar surface area (TPSA) is 4.93 Å². The van der Waals surface area contributed by atoms with Gasteiger partial charge in [0.1, 0.15) is 0 Å². The van der Waals surface area contributed by atoms with E-state index in [1.807, 2.05) is 0 Å². The maximum Gasteiger partial charge on any atom is 0.0547 e. The van der Waals surface area contributed by atoms with Gasteiger partial charge in [0.2, 0.25) is 0 Å². The summed E-state index contributed by atoms with van der Waals surface area (Å²) < 4.78 is 2.45. The number of rotatable bonds is 3. The van der Waals surface area contributed by atoms with Crippen molar-refractivity contribution in [1.29, 1.82) is 0 Å². The lowest BCUT2D eigenvalue weighted by Crippen LogP contribution is -2.00. The molecule has 1 heteroatoms. The van der Waals surface area contributed by atoms with Crippen LogP contribution in [0.15, 0.2) is 115 Å². The van der Waals surface area contributed by atoms with Gasteiger partial charge in [-0.25, -0.2) is 0 Å². The predicted octanol–water partition coefficient (Wildman–Crippen LogP) is 8.73. The van der Waals surface area contributed by atoms with Gasteiger partial charge in [-0.2, -0.15) is 0 Å². The van der Waals surface area contributed by atoms with Gasteiger partial charge < -0.3 is 4.57 Å². The van der Waals surface area contributed by atoms with Crippen molar-refractivity contribution in [3.05, 3.63) is 126 Å². The Bertz CT molecular complexity index is 1620. The molecule has 0 radical (unpaired) electrons. The Hall–Kier alpha value is -4.10. The maximum atomic E-state index is 2.45. The van der Waals surface area contributed by atoms with E-state index in [9.17, 15) is 0 Å². The maximum absolute atomic E-state index is 2.45. The molecular formula is C32H25N. The summed E-state index contributed by atoms with van der Waals surface area (Å²) >= 11 is 0. The predicted molar refractivity (Wildman–Crippen MR) is 141 cm³/mol. The van der Waals surface area contributed by atoms with E-state index in [0.29, 0.717) is 0 Å². The second-order valence-electron chi connectivity index (χ2n) is 8.73. The number of fused-ring (bicyclic) bond motifs is 3. The fourth-order valence-corrected chi connectivity index (χ4v) is 5.08. The molecule has 0 amide bonds. The molecule has 6 rings (SSSR count). The summed E-state index contributed by atoms with van der Waals surface area (Å²) in [4.78, 5) is 0. The van der Waals surface area contributed by atoms with E-state index in [4.69, 9.17) is 0 Å². The van der Waals surface area contributed by atoms with Gasteiger partial charge >= 0.3 is 0 Å². The third-order valence-electron chi connectivity index (χ3n) is 6.69. The third-order valence-corrected chi connectivity index (χ3v) is 6.69. The lowest BCUT2D eigenvalue weighted by Gasteiger charge is -2.18. The number of hydrogen-bond acceptors (Lipinski definition) is 0. The minimum Gasteiger partial charge on any atom is -0.309 e. The second-order valence-corrected chi connectivity index (χ2v) is 8.73. The molecule has 0 spiro atoms. The van der Waals surface area contributed by atoms with Gasteiger partial charge in [-0.3, -0.25) is 0 Å². The third kappa shape index (κ3) is 3.16. The Morgan fingerprint density at radius 2 is 1.18 bits per heavy atom. The zero-order valence-corrected chi connectivity index (χ0v) is 18.9. The van der Waals surface area contributed by atoms with Crippen molar-refractivity contribution in [1.82, 2.24) is 4.57 Å². The SMILES string of the molecule is Cc1ccccc1-c1c(C)cccc1-n1c2ccccc2c2ccc(-c3ccccc3)cc21. The number of nitrogens with zero attached hydrogens (tertiary/aromatic N) is 1. The Morgan fingerprint density at radius 3 is 2.03 bits per heavy atom. The molecular weight excluding hydrogens is 398 g/mol.